The van der Waals surface area contributed by atoms with Crippen LogP contribution in [0.4, 0.5) is 0 Å². The Morgan fingerprint density at radius 3 is 3.00 bits per heavy atom. The molecule has 10 heavy (non-hydrogen) atoms. The van der Waals surface area contributed by atoms with Gasteiger partial charge in [-0.2, -0.15) is 0 Å². The van der Waals surface area contributed by atoms with Gasteiger partial charge in [-0.3, -0.25) is 4.79 Å². The number of hydrogen-bond acceptors (Lipinski definition) is 4. The summed E-state index contributed by atoms with van der Waals surface area (Å²) >= 11 is 0. The predicted octanol–water partition coefficient (Wildman–Crippen LogP) is -0.203. The van der Waals surface area contributed by atoms with Crippen LogP contribution in [0.5, 0.6) is 0 Å². The maximum Gasteiger partial charge on any atom is 0.322 e. The average molecular weight is 144 g/mol. The van der Waals surface area contributed by atoms with Crippen LogP contribution in [0.2, 0.25) is 0 Å². The molecule has 0 aliphatic heterocycles. The second-order valence-electron chi connectivity index (χ2n) is 1.54. The van der Waals surface area contributed by atoms with Crippen LogP contribution < -0.4 is 5.73 Å². The highest BCUT2D eigenvalue weighted by Gasteiger charge is 2.10. The molecular formula is C4H8N4O2. The summed E-state index contributed by atoms with van der Waals surface area (Å²) in [4.78, 5) is 12.9. The quantitative estimate of drug-likeness (QED) is 0.257. The van der Waals surface area contributed by atoms with E-state index in [1.54, 1.807) is 0 Å². The summed E-state index contributed by atoms with van der Waals surface area (Å²) in [5.74, 6) is -0.576. The first-order valence-corrected chi connectivity index (χ1v) is 2.56. The second-order valence-corrected chi connectivity index (χ2v) is 1.54. The summed E-state index contributed by atoms with van der Waals surface area (Å²) in [5, 5.41) is 3.10. The monoisotopic (exact) mass is 144 g/mol. The highest BCUT2D eigenvalue weighted by molar-refractivity contribution is 5.75. The van der Waals surface area contributed by atoms with E-state index in [2.05, 4.69) is 14.8 Å². The molecule has 0 aromatic carbocycles. The van der Waals surface area contributed by atoms with Crippen molar-refractivity contribution in [3.05, 3.63) is 10.4 Å². The van der Waals surface area contributed by atoms with E-state index < -0.39 is 12.0 Å². The summed E-state index contributed by atoms with van der Waals surface area (Å²) in [6.45, 7) is -0.0663. The summed E-state index contributed by atoms with van der Waals surface area (Å²) in [5.41, 5.74) is 13.0. The summed E-state index contributed by atoms with van der Waals surface area (Å²) in [6, 6.07) is -0.846. The fourth-order valence-electron chi connectivity index (χ4n) is 0.350. The molecular weight excluding hydrogens is 136 g/mol. The fourth-order valence-corrected chi connectivity index (χ4v) is 0.350. The van der Waals surface area contributed by atoms with E-state index in [0.717, 1.165) is 0 Å². The zero-order valence-electron chi connectivity index (χ0n) is 5.52. The highest BCUT2D eigenvalue weighted by Crippen LogP contribution is 1.84. The van der Waals surface area contributed by atoms with Crippen molar-refractivity contribution < 1.29 is 9.53 Å². The van der Waals surface area contributed by atoms with Crippen molar-refractivity contribution in [2.75, 3.05) is 13.7 Å². The maximum absolute atomic E-state index is 10.5. The average Bonchev–Trinajstić information content (AvgIpc) is 1.98. The Labute approximate surface area is 57.6 Å². The van der Waals surface area contributed by atoms with E-state index in [1.807, 2.05) is 0 Å². The molecule has 0 bridgehead atoms. The summed E-state index contributed by atoms with van der Waals surface area (Å²) in [7, 11) is 1.22. The number of rotatable bonds is 3. The Morgan fingerprint density at radius 2 is 2.60 bits per heavy atom. The molecule has 0 heterocycles. The standard InChI is InChI=1S/C4H8N4O2/c1-10-4(9)3(5)2-7-8-6/h3H,2,5H2,1H3. The SMILES string of the molecule is COC(=O)C(N)CN=[N+]=[N-]. The molecule has 0 radical (unpaired) electrons. The molecule has 6 heteroatoms. The molecule has 0 saturated carbocycles. The molecule has 0 aromatic rings. The van der Waals surface area contributed by atoms with Crippen LogP contribution in [-0.2, 0) is 9.53 Å². The number of carbonyl (C=O) groups excluding carboxylic acids is 1. The molecule has 0 saturated heterocycles. The van der Waals surface area contributed by atoms with Gasteiger partial charge in [0.15, 0.2) is 0 Å². The third-order valence-electron chi connectivity index (χ3n) is 0.846. The number of nitrogens with zero attached hydrogens (tertiary/aromatic N) is 3. The number of hydrogen-bond donors (Lipinski definition) is 1. The van der Waals surface area contributed by atoms with Crippen LogP contribution >= 0.6 is 0 Å². The zero-order valence-corrected chi connectivity index (χ0v) is 5.52. The van der Waals surface area contributed by atoms with Gasteiger partial charge >= 0.3 is 5.97 Å². The fraction of sp³-hybridized carbons (Fsp3) is 0.750. The molecule has 0 fully saturated rings. The van der Waals surface area contributed by atoms with Crippen molar-refractivity contribution in [3.63, 3.8) is 0 Å². The third-order valence-corrected chi connectivity index (χ3v) is 0.846. The van der Waals surface area contributed by atoms with Crippen molar-refractivity contribution in [1.29, 1.82) is 0 Å². The third kappa shape index (κ3) is 2.91. The van der Waals surface area contributed by atoms with Gasteiger partial charge in [0.25, 0.3) is 0 Å². The van der Waals surface area contributed by atoms with E-state index >= 15 is 0 Å². The van der Waals surface area contributed by atoms with Crippen molar-refractivity contribution in [3.8, 4) is 0 Å². The summed E-state index contributed by atoms with van der Waals surface area (Å²) in [6.07, 6.45) is 0. The minimum absolute atomic E-state index is 0.0663. The van der Waals surface area contributed by atoms with Crippen molar-refractivity contribution in [2.45, 2.75) is 6.04 Å². The Bertz CT molecular complexity index is 163. The first-order chi connectivity index (χ1) is 4.72. The number of methoxy groups -OCH3 is 1. The second kappa shape index (κ2) is 4.60. The van der Waals surface area contributed by atoms with Gasteiger partial charge in [-0.05, 0) is 5.53 Å². The van der Waals surface area contributed by atoms with E-state index in [0.29, 0.717) is 0 Å². The van der Waals surface area contributed by atoms with Gasteiger partial charge in [0.1, 0.15) is 6.04 Å². The van der Waals surface area contributed by atoms with Crippen LogP contribution in [0.3, 0.4) is 0 Å². The van der Waals surface area contributed by atoms with Crippen LogP contribution in [-0.4, -0.2) is 25.7 Å². The van der Waals surface area contributed by atoms with Crippen LogP contribution in [0.25, 0.3) is 10.4 Å². The van der Waals surface area contributed by atoms with Gasteiger partial charge in [0.05, 0.1) is 13.7 Å². The zero-order chi connectivity index (χ0) is 7.98. The van der Waals surface area contributed by atoms with Gasteiger partial charge in [0.2, 0.25) is 0 Å². The lowest BCUT2D eigenvalue weighted by Crippen LogP contribution is -2.34. The van der Waals surface area contributed by atoms with E-state index in [4.69, 9.17) is 11.3 Å². The molecule has 0 amide bonds. The molecule has 0 aromatic heterocycles. The number of esters is 1. The maximum atomic E-state index is 10.5. The van der Waals surface area contributed by atoms with Crippen LogP contribution in [0.15, 0.2) is 5.11 Å². The molecule has 2 N–H and O–H groups in total. The smallest absolute Gasteiger partial charge is 0.322 e. The van der Waals surface area contributed by atoms with Crippen LogP contribution in [0, 0.1) is 0 Å². The Balaban J connectivity index is 3.72. The first-order valence-electron chi connectivity index (χ1n) is 2.56. The minimum Gasteiger partial charge on any atom is -0.468 e. The number of carbonyl (C=O) groups is 1. The topological polar surface area (TPSA) is 101 Å². The largest absolute Gasteiger partial charge is 0.468 e. The van der Waals surface area contributed by atoms with Gasteiger partial charge in [0, 0.05) is 4.91 Å². The number of nitrogens with two attached hydrogens (primary N) is 1. The molecule has 1 unspecified atom stereocenters. The van der Waals surface area contributed by atoms with Gasteiger partial charge in [-0.1, -0.05) is 5.11 Å². The van der Waals surface area contributed by atoms with Crippen molar-refractivity contribution in [2.24, 2.45) is 10.8 Å². The molecule has 0 rings (SSSR count). The van der Waals surface area contributed by atoms with E-state index in [1.165, 1.54) is 7.11 Å². The number of ether oxygens (including phenoxy) is 1. The van der Waals surface area contributed by atoms with Crippen molar-refractivity contribution >= 4 is 5.97 Å². The molecule has 1 atom stereocenters. The predicted molar refractivity (Wildman–Crippen MR) is 34.0 cm³/mol. The molecule has 56 valence electrons. The lowest BCUT2D eigenvalue weighted by Gasteiger charge is -2.03. The van der Waals surface area contributed by atoms with Crippen LogP contribution in [0.1, 0.15) is 0 Å². The summed E-state index contributed by atoms with van der Waals surface area (Å²) < 4.78 is 4.26. The Morgan fingerprint density at radius 1 is 2.00 bits per heavy atom. The number of azide groups is 1. The Kier molecular flexibility index (Phi) is 4.02. The van der Waals surface area contributed by atoms with Gasteiger partial charge in [-0.15, -0.1) is 0 Å². The molecule has 0 spiro atoms. The molecule has 6 nitrogen and oxygen atoms in total. The molecule has 0 aliphatic rings. The normalized spacial score (nSPS) is 11.4. The lowest BCUT2D eigenvalue weighted by atomic mass is 10.3. The van der Waals surface area contributed by atoms with Gasteiger partial charge in [-0.25, -0.2) is 0 Å². The van der Waals surface area contributed by atoms with Crippen molar-refractivity contribution in [1.82, 2.24) is 0 Å². The highest BCUT2D eigenvalue weighted by atomic mass is 16.5. The Hall–Kier alpha value is -1.26. The van der Waals surface area contributed by atoms with E-state index in [9.17, 15) is 4.79 Å². The molecule has 0 aliphatic carbocycles. The lowest BCUT2D eigenvalue weighted by molar-refractivity contribution is -0.141. The van der Waals surface area contributed by atoms with E-state index in [-0.39, 0.29) is 6.54 Å². The minimum atomic E-state index is -0.846. The first kappa shape index (κ1) is 8.74. The van der Waals surface area contributed by atoms with Gasteiger partial charge < -0.3 is 10.5 Å².